The van der Waals surface area contributed by atoms with E-state index in [0.717, 1.165) is 53.4 Å². The Bertz CT molecular complexity index is 1700. The smallest absolute Gasteiger partial charge is 0.138 e. The van der Waals surface area contributed by atoms with Gasteiger partial charge in [-0.3, -0.25) is 9.97 Å². The molecule has 5 aromatic rings. The molecule has 2 aliphatic carbocycles. The third-order valence-electron chi connectivity index (χ3n) is 8.57. The van der Waals surface area contributed by atoms with Crippen molar-refractivity contribution in [3.63, 3.8) is 0 Å². The fraction of sp³-hybridized carbons (Fsp3) is 0.324. The number of aromatic nitrogens is 4. The predicted molar refractivity (Wildman–Crippen MR) is 165 cm³/mol. The van der Waals surface area contributed by atoms with Gasteiger partial charge in [0.15, 0.2) is 0 Å². The molecule has 1 aromatic carbocycles. The van der Waals surface area contributed by atoms with Crippen LogP contribution in [0, 0.1) is 12.8 Å². The van der Waals surface area contributed by atoms with Crippen LogP contribution in [-0.4, -0.2) is 26.5 Å². The summed E-state index contributed by atoms with van der Waals surface area (Å²) in [6.07, 6.45) is 16.6. The number of nitrogens with zero attached hydrogens (tertiary/aromatic N) is 3. The van der Waals surface area contributed by atoms with Gasteiger partial charge in [-0.1, -0.05) is 38.0 Å². The van der Waals surface area contributed by atoms with Crippen molar-refractivity contribution in [3.8, 4) is 21.6 Å². The summed E-state index contributed by atoms with van der Waals surface area (Å²) in [5.41, 5.74) is 10.4. The maximum absolute atomic E-state index is 5.15. The van der Waals surface area contributed by atoms with Gasteiger partial charge in [0, 0.05) is 51.6 Å². The first-order valence-electron chi connectivity index (χ1n) is 14.5. The average molecular weight is 546 g/mol. The Morgan fingerprint density at radius 3 is 2.67 bits per heavy atom. The van der Waals surface area contributed by atoms with Gasteiger partial charge in [0.2, 0.25) is 0 Å². The van der Waals surface area contributed by atoms with Crippen molar-refractivity contribution in [3.05, 3.63) is 94.7 Å². The average Bonchev–Trinajstić information content (AvgIpc) is 3.74. The molecule has 4 heterocycles. The number of aryl methyl sites for hydroxylation is 1. The molecule has 7 rings (SSSR count). The first-order valence-corrected chi connectivity index (χ1v) is 15.3. The monoisotopic (exact) mass is 545 g/mol. The largest absolute Gasteiger partial charge is 0.337 e. The SMILES string of the molecule is Cc1ccc(-c2cncc3[nH]c(C4=CC[C@@H](C)c5ccc(-c6cncc(CNCC7CCCC7)c6)cc54)nc23)s1. The van der Waals surface area contributed by atoms with E-state index in [1.807, 2.05) is 24.8 Å². The molecule has 0 saturated heterocycles. The molecule has 4 aromatic heterocycles. The number of H-pyrrole nitrogens is 1. The molecule has 1 fully saturated rings. The van der Waals surface area contributed by atoms with Crippen molar-refractivity contribution < 1.29 is 0 Å². The summed E-state index contributed by atoms with van der Waals surface area (Å²) in [6, 6.07) is 13.5. The Morgan fingerprint density at radius 1 is 0.950 bits per heavy atom. The number of fused-ring (bicyclic) bond motifs is 2. The van der Waals surface area contributed by atoms with Crippen LogP contribution in [0.5, 0.6) is 0 Å². The fourth-order valence-corrected chi connectivity index (χ4v) is 7.23. The molecular weight excluding hydrogens is 510 g/mol. The van der Waals surface area contributed by atoms with Crippen molar-refractivity contribution in [2.75, 3.05) is 6.54 Å². The number of imidazole rings is 1. The molecule has 1 saturated carbocycles. The number of benzene rings is 1. The maximum atomic E-state index is 5.15. The Kier molecular flexibility index (Phi) is 6.82. The molecule has 40 heavy (non-hydrogen) atoms. The van der Waals surface area contributed by atoms with Crippen LogP contribution in [0.3, 0.4) is 0 Å². The van der Waals surface area contributed by atoms with Crippen molar-refractivity contribution >= 4 is 27.9 Å². The Labute approximate surface area is 239 Å². The zero-order valence-corrected chi connectivity index (χ0v) is 24.0. The summed E-state index contributed by atoms with van der Waals surface area (Å²) in [5, 5.41) is 3.67. The highest BCUT2D eigenvalue weighted by molar-refractivity contribution is 7.15. The number of allylic oxidation sites excluding steroid dienone is 1. The first kappa shape index (κ1) is 25.4. The molecule has 6 heteroatoms. The second-order valence-electron chi connectivity index (χ2n) is 11.5. The van der Waals surface area contributed by atoms with Crippen LogP contribution in [0.4, 0.5) is 0 Å². The van der Waals surface area contributed by atoms with Gasteiger partial charge in [-0.15, -0.1) is 11.3 Å². The van der Waals surface area contributed by atoms with Crippen LogP contribution in [-0.2, 0) is 6.54 Å². The van der Waals surface area contributed by atoms with E-state index in [1.54, 1.807) is 11.3 Å². The lowest BCUT2D eigenvalue weighted by Gasteiger charge is -2.23. The fourth-order valence-electron chi connectivity index (χ4n) is 6.35. The normalized spacial score (nSPS) is 17.4. The molecule has 0 radical (unpaired) electrons. The number of nitrogens with one attached hydrogen (secondary N) is 2. The summed E-state index contributed by atoms with van der Waals surface area (Å²) in [4.78, 5) is 20.4. The molecule has 2 aliphatic rings. The van der Waals surface area contributed by atoms with Crippen molar-refractivity contribution in [1.82, 2.24) is 25.3 Å². The van der Waals surface area contributed by atoms with Crippen molar-refractivity contribution in [2.45, 2.75) is 58.4 Å². The third kappa shape index (κ3) is 4.91. The first-order chi connectivity index (χ1) is 19.6. The zero-order chi connectivity index (χ0) is 27.1. The summed E-state index contributed by atoms with van der Waals surface area (Å²) in [7, 11) is 0. The molecule has 2 N–H and O–H groups in total. The van der Waals surface area contributed by atoms with Gasteiger partial charge in [-0.05, 0) is 91.1 Å². The van der Waals surface area contributed by atoms with Crippen LogP contribution in [0.15, 0.2) is 67.3 Å². The number of hydrogen-bond acceptors (Lipinski definition) is 5. The molecule has 0 bridgehead atoms. The highest BCUT2D eigenvalue weighted by Crippen LogP contribution is 2.40. The number of pyridine rings is 2. The number of hydrogen-bond donors (Lipinski definition) is 2. The second-order valence-corrected chi connectivity index (χ2v) is 12.8. The lowest BCUT2D eigenvalue weighted by atomic mass is 9.82. The molecule has 5 nitrogen and oxygen atoms in total. The number of aromatic amines is 1. The highest BCUT2D eigenvalue weighted by Gasteiger charge is 2.23. The second kappa shape index (κ2) is 10.8. The minimum absolute atomic E-state index is 0.466. The van der Waals surface area contributed by atoms with Crippen LogP contribution < -0.4 is 5.32 Å². The van der Waals surface area contributed by atoms with Crippen LogP contribution in [0.2, 0.25) is 0 Å². The quantitative estimate of drug-likeness (QED) is 0.216. The lowest BCUT2D eigenvalue weighted by Crippen LogP contribution is -2.20. The van der Waals surface area contributed by atoms with Crippen molar-refractivity contribution in [2.24, 2.45) is 5.92 Å². The van der Waals surface area contributed by atoms with Gasteiger partial charge in [0.25, 0.3) is 0 Å². The number of thiophene rings is 1. The molecular formula is C34H35N5S. The minimum Gasteiger partial charge on any atom is -0.337 e. The van der Waals surface area contributed by atoms with Gasteiger partial charge >= 0.3 is 0 Å². The Morgan fingerprint density at radius 2 is 1.82 bits per heavy atom. The molecule has 0 unspecified atom stereocenters. The Balaban J connectivity index is 1.20. The van der Waals surface area contributed by atoms with Gasteiger partial charge in [0.05, 0.1) is 11.7 Å². The zero-order valence-electron chi connectivity index (χ0n) is 23.2. The van der Waals surface area contributed by atoms with Crippen LogP contribution in [0.25, 0.3) is 38.2 Å². The van der Waals surface area contributed by atoms with Gasteiger partial charge in [-0.25, -0.2) is 4.98 Å². The summed E-state index contributed by atoms with van der Waals surface area (Å²) in [6.45, 7) is 6.42. The van der Waals surface area contributed by atoms with Crippen LogP contribution in [0.1, 0.15) is 72.3 Å². The molecule has 0 aliphatic heterocycles. The van der Waals surface area contributed by atoms with Gasteiger partial charge < -0.3 is 10.3 Å². The van der Waals surface area contributed by atoms with Crippen molar-refractivity contribution in [1.29, 1.82) is 0 Å². The van der Waals surface area contributed by atoms with Gasteiger partial charge in [0.1, 0.15) is 11.3 Å². The van der Waals surface area contributed by atoms with E-state index in [2.05, 4.69) is 76.6 Å². The highest BCUT2D eigenvalue weighted by atomic mass is 32.1. The molecule has 202 valence electrons. The summed E-state index contributed by atoms with van der Waals surface area (Å²) < 4.78 is 0. The molecule has 0 amide bonds. The van der Waals surface area contributed by atoms with E-state index in [-0.39, 0.29) is 0 Å². The lowest BCUT2D eigenvalue weighted by molar-refractivity contribution is 0.489. The van der Waals surface area contributed by atoms with E-state index < -0.39 is 0 Å². The van der Waals surface area contributed by atoms with E-state index in [0.29, 0.717) is 5.92 Å². The standard InChI is InChI=1S/C34H35N5S/c1-21-7-10-28(34-38-31-20-37-19-30(33(31)39-34)32-12-8-22(2)40-32)29-14-25(9-11-27(21)29)26-13-24(17-36-18-26)16-35-15-23-5-3-4-6-23/h8-14,17-21,23,35H,3-7,15-16H2,1-2H3,(H,38,39)/t21-/m1/s1. The van der Waals surface area contributed by atoms with Gasteiger partial charge in [-0.2, -0.15) is 0 Å². The predicted octanol–water partition coefficient (Wildman–Crippen LogP) is 8.28. The minimum atomic E-state index is 0.466. The van der Waals surface area contributed by atoms with E-state index in [9.17, 15) is 0 Å². The maximum Gasteiger partial charge on any atom is 0.138 e. The third-order valence-corrected chi connectivity index (χ3v) is 9.60. The van der Waals surface area contributed by atoms with E-state index in [4.69, 9.17) is 4.98 Å². The molecule has 1 atom stereocenters. The van der Waals surface area contributed by atoms with Crippen LogP contribution >= 0.6 is 11.3 Å². The van der Waals surface area contributed by atoms with E-state index in [1.165, 1.54) is 63.3 Å². The topological polar surface area (TPSA) is 66.5 Å². The number of rotatable bonds is 7. The summed E-state index contributed by atoms with van der Waals surface area (Å²) in [5.74, 6) is 2.21. The molecule has 0 spiro atoms. The van der Waals surface area contributed by atoms with E-state index >= 15 is 0 Å². The Hall–Kier alpha value is -3.61. The summed E-state index contributed by atoms with van der Waals surface area (Å²) >= 11 is 1.78.